The SMILES string of the molecule is O=C(O)OC(=O)OC(=O)O.[Na]. The molecule has 0 aromatic carbocycles. The minimum Gasteiger partial charge on any atom is -0.449 e. The van der Waals surface area contributed by atoms with Crippen molar-refractivity contribution in [2.45, 2.75) is 0 Å². The van der Waals surface area contributed by atoms with Crippen molar-refractivity contribution in [3.8, 4) is 0 Å². The van der Waals surface area contributed by atoms with Crippen LogP contribution in [0, 0.1) is 0 Å². The van der Waals surface area contributed by atoms with Gasteiger partial charge in [0, 0.05) is 29.6 Å². The first-order valence-corrected chi connectivity index (χ1v) is 1.88. The zero-order chi connectivity index (χ0) is 8.15. The van der Waals surface area contributed by atoms with Crippen LogP contribution in [0.5, 0.6) is 0 Å². The van der Waals surface area contributed by atoms with Crippen LogP contribution in [0.3, 0.4) is 0 Å². The summed E-state index contributed by atoms with van der Waals surface area (Å²) in [6.07, 6.45) is -5.64. The van der Waals surface area contributed by atoms with Crippen molar-refractivity contribution in [1.82, 2.24) is 0 Å². The molecule has 0 heterocycles. The van der Waals surface area contributed by atoms with Crippen molar-refractivity contribution in [2.24, 2.45) is 0 Å². The summed E-state index contributed by atoms with van der Waals surface area (Å²) >= 11 is 0. The number of ether oxygens (including phenoxy) is 2. The summed E-state index contributed by atoms with van der Waals surface area (Å²) in [5.74, 6) is 0. The second-order valence-corrected chi connectivity index (χ2v) is 0.986. The molecule has 7 nitrogen and oxygen atoms in total. The van der Waals surface area contributed by atoms with Crippen molar-refractivity contribution < 1.29 is 34.1 Å². The molecule has 0 atom stereocenters. The summed E-state index contributed by atoms with van der Waals surface area (Å²) in [5, 5.41) is 15.4. The second-order valence-electron chi connectivity index (χ2n) is 0.986. The first-order valence-electron chi connectivity index (χ1n) is 1.88. The van der Waals surface area contributed by atoms with E-state index in [0.717, 1.165) is 0 Å². The molecule has 57 valence electrons. The number of carbonyl (C=O) groups is 3. The number of hydrogen-bond acceptors (Lipinski definition) is 5. The zero-order valence-corrected chi connectivity index (χ0v) is 7.44. The van der Waals surface area contributed by atoms with Crippen molar-refractivity contribution in [2.75, 3.05) is 0 Å². The van der Waals surface area contributed by atoms with Crippen LogP contribution in [-0.2, 0) is 9.47 Å². The van der Waals surface area contributed by atoms with Gasteiger partial charge in [-0.1, -0.05) is 0 Å². The Balaban J connectivity index is 0. The van der Waals surface area contributed by atoms with Crippen LogP contribution >= 0.6 is 0 Å². The summed E-state index contributed by atoms with van der Waals surface area (Å²) < 4.78 is 6.47. The first kappa shape index (κ1) is 12.8. The molecular formula is C3H2NaO7. The molecule has 0 aromatic heterocycles. The summed E-state index contributed by atoms with van der Waals surface area (Å²) in [4.78, 5) is 28.8. The van der Waals surface area contributed by atoms with Gasteiger partial charge in [0.2, 0.25) is 0 Å². The molecule has 0 aromatic rings. The number of carbonyl (C=O) groups excluding carboxylic acids is 1. The molecule has 1 radical (unpaired) electrons. The van der Waals surface area contributed by atoms with Gasteiger partial charge in [-0.05, 0) is 0 Å². The average molecular weight is 173 g/mol. The Morgan fingerprint density at radius 3 is 1.36 bits per heavy atom. The van der Waals surface area contributed by atoms with Gasteiger partial charge in [-0.2, -0.15) is 0 Å². The molecule has 8 heteroatoms. The topological polar surface area (TPSA) is 110 Å². The van der Waals surface area contributed by atoms with E-state index in [0.29, 0.717) is 0 Å². The average Bonchev–Trinajstić information content (AvgIpc) is 1.58. The first-order chi connectivity index (χ1) is 4.52. The Labute approximate surface area is 82.2 Å². The van der Waals surface area contributed by atoms with Crippen LogP contribution in [0.2, 0.25) is 0 Å². The Morgan fingerprint density at radius 1 is 0.909 bits per heavy atom. The van der Waals surface area contributed by atoms with Crippen LogP contribution < -0.4 is 0 Å². The molecule has 0 saturated heterocycles. The van der Waals surface area contributed by atoms with E-state index in [-0.39, 0.29) is 29.6 Å². The van der Waals surface area contributed by atoms with Crippen LogP contribution in [0.15, 0.2) is 0 Å². The smallest absolute Gasteiger partial charge is 0.449 e. The predicted molar refractivity (Wildman–Crippen MR) is 29.4 cm³/mol. The predicted octanol–water partition coefficient (Wildman–Crippen LogP) is 0.115. The molecule has 0 spiro atoms. The number of carboxylic acid groups (broad SMARTS) is 2. The maximum atomic E-state index is 9.86. The van der Waals surface area contributed by atoms with E-state index >= 15 is 0 Å². The van der Waals surface area contributed by atoms with Crippen molar-refractivity contribution in [1.29, 1.82) is 0 Å². The summed E-state index contributed by atoms with van der Waals surface area (Å²) in [5.41, 5.74) is 0. The number of rotatable bonds is 0. The Hall–Kier alpha value is -0.790. The summed E-state index contributed by atoms with van der Waals surface area (Å²) in [6.45, 7) is 0. The Kier molecular flexibility index (Phi) is 6.96. The molecule has 11 heavy (non-hydrogen) atoms. The number of hydrogen-bond donors (Lipinski definition) is 2. The monoisotopic (exact) mass is 173 g/mol. The van der Waals surface area contributed by atoms with Gasteiger partial charge < -0.3 is 19.7 Å². The van der Waals surface area contributed by atoms with Gasteiger partial charge >= 0.3 is 18.5 Å². The van der Waals surface area contributed by atoms with Gasteiger partial charge in [0.15, 0.2) is 0 Å². The maximum absolute atomic E-state index is 9.86. The summed E-state index contributed by atoms with van der Waals surface area (Å²) in [6, 6.07) is 0. The molecule has 0 aliphatic rings. The zero-order valence-electron chi connectivity index (χ0n) is 5.44. The van der Waals surface area contributed by atoms with Crippen LogP contribution in [0.4, 0.5) is 14.4 Å². The third-order valence-corrected chi connectivity index (χ3v) is 0.341. The molecule has 0 amide bonds. The molecule has 0 rings (SSSR count). The van der Waals surface area contributed by atoms with Crippen molar-refractivity contribution >= 4 is 48.0 Å². The van der Waals surface area contributed by atoms with Crippen LogP contribution in [0.25, 0.3) is 0 Å². The molecule has 0 fully saturated rings. The fraction of sp³-hybridized carbons (Fsp3) is 0. The molecule has 0 saturated carbocycles. The molecule has 0 bridgehead atoms. The van der Waals surface area contributed by atoms with Gasteiger partial charge in [-0.25, -0.2) is 14.4 Å². The fourth-order valence-corrected chi connectivity index (χ4v) is 0.163. The Bertz CT molecular complexity index is 157. The third-order valence-electron chi connectivity index (χ3n) is 0.341. The van der Waals surface area contributed by atoms with E-state index in [1.54, 1.807) is 0 Å². The van der Waals surface area contributed by atoms with Gasteiger partial charge in [0.1, 0.15) is 0 Å². The van der Waals surface area contributed by atoms with Gasteiger partial charge in [0.25, 0.3) is 0 Å². The van der Waals surface area contributed by atoms with Crippen molar-refractivity contribution in [3.63, 3.8) is 0 Å². The van der Waals surface area contributed by atoms with Gasteiger partial charge in [-0.15, -0.1) is 0 Å². The van der Waals surface area contributed by atoms with Crippen LogP contribution in [-0.4, -0.2) is 58.2 Å². The van der Waals surface area contributed by atoms with E-state index in [4.69, 9.17) is 10.2 Å². The second kappa shape index (κ2) is 5.96. The minimum absolute atomic E-state index is 0. The maximum Gasteiger partial charge on any atom is 0.528 e. The molecular weight excluding hydrogens is 171 g/mol. The van der Waals surface area contributed by atoms with Gasteiger partial charge in [0.05, 0.1) is 0 Å². The standard InChI is InChI=1S/C3H2O7.Na/c4-1(5)9-3(8)10-2(6)7;/h(H,4,5)(H,6,7);. The van der Waals surface area contributed by atoms with Crippen molar-refractivity contribution in [3.05, 3.63) is 0 Å². The molecule has 0 unspecified atom stereocenters. The normalized spacial score (nSPS) is 7.27. The van der Waals surface area contributed by atoms with E-state index in [2.05, 4.69) is 9.47 Å². The van der Waals surface area contributed by atoms with E-state index in [1.807, 2.05) is 0 Å². The third kappa shape index (κ3) is 9.21. The Morgan fingerprint density at radius 2 is 1.18 bits per heavy atom. The van der Waals surface area contributed by atoms with E-state index in [1.165, 1.54) is 0 Å². The fourth-order valence-electron chi connectivity index (χ4n) is 0.163. The van der Waals surface area contributed by atoms with E-state index in [9.17, 15) is 14.4 Å². The summed E-state index contributed by atoms with van der Waals surface area (Å²) in [7, 11) is 0. The minimum atomic E-state index is -1.92. The van der Waals surface area contributed by atoms with Crippen LogP contribution in [0.1, 0.15) is 0 Å². The largest absolute Gasteiger partial charge is 0.528 e. The molecule has 2 N–H and O–H groups in total. The van der Waals surface area contributed by atoms with E-state index < -0.39 is 18.5 Å². The van der Waals surface area contributed by atoms with Gasteiger partial charge in [-0.3, -0.25) is 0 Å². The quantitative estimate of drug-likeness (QED) is 0.304. The molecule has 0 aliphatic heterocycles. The molecule has 0 aliphatic carbocycles.